The van der Waals surface area contributed by atoms with Crippen LogP contribution in [0.5, 0.6) is 0 Å². The lowest BCUT2D eigenvalue weighted by atomic mass is 9.51. The Labute approximate surface area is 164 Å². The molecule has 5 heteroatoms. The van der Waals surface area contributed by atoms with Crippen molar-refractivity contribution in [3.8, 4) is 0 Å². The van der Waals surface area contributed by atoms with Gasteiger partial charge in [0.2, 0.25) is 0 Å². The summed E-state index contributed by atoms with van der Waals surface area (Å²) in [6, 6.07) is 0. The highest BCUT2D eigenvalue weighted by Crippen LogP contribution is 2.59. The first-order chi connectivity index (χ1) is 12.8. The number of rotatable bonds is 10. The number of nitrogens with one attached hydrogen (secondary N) is 2. The number of hydrogen-bond donors (Lipinski definition) is 4. The third-order valence-corrected chi connectivity index (χ3v) is 6.72. The molecule has 3 saturated carbocycles. The largest absolute Gasteiger partial charge is 0.400 e. The number of allylic oxidation sites excluding steroid dienone is 1. The summed E-state index contributed by atoms with van der Waals surface area (Å²) in [6.45, 7) is 16.1. The first-order valence-electron chi connectivity index (χ1n) is 10.00. The van der Waals surface area contributed by atoms with E-state index in [2.05, 4.69) is 42.3 Å². The number of aliphatic imine (C=N–C) groups is 1. The van der Waals surface area contributed by atoms with Gasteiger partial charge in [-0.2, -0.15) is 0 Å². The lowest BCUT2D eigenvalue weighted by Crippen LogP contribution is -2.47. The van der Waals surface area contributed by atoms with Gasteiger partial charge in [0.25, 0.3) is 0 Å². The van der Waals surface area contributed by atoms with E-state index in [1.807, 2.05) is 0 Å². The Hall–Kier alpha value is -2.01. The van der Waals surface area contributed by atoms with Gasteiger partial charge in [-0.05, 0) is 55.8 Å². The molecule has 0 atom stereocenters. The summed E-state index contributed by atoms with van der Waals surface area (Å²) in [7, 11) is 1.75. The van der Waals surface area contributed by atoms with Crippen LogP contribution >= 0.6 is 0 Å². The van der Waals surface area contributed by atoms with Crippen molar-refractivity contribution < 1.29 is 0 Å². The van der Waals surface area contributed by atoms with Crippen LogP contribution in [0, 0.1) is 10.8 Å². The third-order valence-electron chi connectivity index (χ3n) is 6.72. The number of fused-ring (bicyclic) bond motifs is 3. The maximum Gasteiger partial charge on any atom is 0.102 e. The molecule has 27 heavy (non-hydrogen) atoms. The fourth-order valence-corrected chi connectivity index (χ4v) is 4.57. The van der Waals surface area contributed by atoms with E-state index in [1.165, 1.54) is 44.1 Å². The highest BCUT2D eigenvalue weighted by atomic mass is 15.0. The van der Waals surface area contributed by atoms with Crippen LogP contribution in [0.3, 0.4) is 0 Å². The molecule has 0 radical (unpaired) electrons. The predicted octanol–water partition coefficient (Wildman–Crippen LogP) is 3.33. The third kappa shape index (κ3) is 4.64. The second-order valence-electron chi connectivity index (χ2n) is 8.19. The first-order valence-corrected chi connectivity index (χ1v) is 10.00. The molecular weight excluding hydrogens is 334 g/mol. The molecule has 0 aromatic rings. The van der Waals surface area contributed by atoms with Crippen LogP contribution in [-0.4, -0.2) is 25.8 Å². The van der Waals surface area contributed by atoms with Gasteiger partial charge in [-0.25, -0.2) is 0 Å². The molecule has 6 N–H and O–H groups in total. The highest BCUT2D eigenvalue weighted by molar-refractivity contribution is 6.10. The molecule has 0 spiro atoms. The zero-order valence-corrected chi connectivity index (χ0v) is 17.2. The molecule has 5 nitrogen and oxygen atoms in total. The lowest BCUT2D eigenvalue weighted by molar-refractivity contribution is 0.0156. The molecule has 150 valence electrons. The molecule has 3 aliphatic carbocycles. The van der Waals surface area contributed by atoms with Crippen molar-refractivity contribution in [2.45, 2.75) is 51.9 Å². The van der Waals surface area contributed by atoms with Crippen LogP contribution in [0.2, 0.25) is 0 Å². The summed E-state index contributed by atoms with van der Waals surface area (Å²) in [5, 5.41) is 6.59. The molecule has 0 amide bonds. The van der Waals surface area contributed by atoms with Gasteiger partial charge < -0.3 is 22.1 Å². The Morgan fingerprint density at radius 3 is 2.15 bits per heavy atom. The lowest BCUT2D eigenvalue weighted by Gasteiger charge is -2.54. The molecule has 2 bridgehead atoms. The topological polar surface area (TPSA) is 88.5 Å². The summed E-state index contributed by atoms with van der Waals surface area (Å²) >= 11 is 0. The Morgan fingerprint density at radius 2 is 1.67 bits per heavy atom. The minimum Gasteiger partial charge on any atom is -0.400 e. The van der Waals surface area contributed by atoms with Crippen molar-refractivity contribution >= 4 is 5.71 Å². The molecule has 3 aliphatic rings. The summed E-state index contributed by atoms with van der Waals surface area (Å²) in [6.07, 6.45) is 10.4. The van der Waals surface area contributed by atoms with Gasteiger partial charge in [-0.3, -0.25) is 4.99 Å². The molecule has 0 aromatic heterocycles. The Morgan fingerprint density at radius 1 is 1.07 bits per heavy atom. The summed E-state index contributed by atoms with van der Waals surface area (Å²) in [4.78, 5) is 4.34. The van der Waals surface area contributed by atoms with Crippen molar-refractivity contribution in [3.05, 3.63) is 48.6 Å². The van der Waals surface area contributed by atoms with E-state index in [-0.39, 0.29) is 0 Å². The zero-order valence-electron chi connectivity index (χ0n) is 17.2. The van der Waals surface area contributed by atoms with Crippen LogP contribution in [-0.2, 0) is 0 Å². The van der Waals surface area contributed by atoms with E-state index >= 15 is 0 Å². The number of nitrogens with zero attached hydrogens (tertiary/aromatic N) is 1. The van der Waals surface area contributed by atoms with E-state index in [1.54, 1.807) is 13.2 Å². The summed E-state index contributed by atoms with van der Waals surface area (Å²) in [5.41, 5.74) is 16.2. The normalized spacial score (nSPS) is 28.0. The summed E-state index contributed by atoms with van der Waals surface area (Å²) < 4.78 is 0. The maximum atomic E-state index is 5.73. The quantitative estimate of drug-likeness (QED) is 0.350. The molecule has 0 aromatic carbocycles. The Bertz CT molecular complexity index is 631. The molecular formula is C22H37N5. The number of nitrogens with two attached hydrogens (primary N) is 2. The molecule has 0 unspecified atom stereocenters. The molecule has 3 rings (SSSR count). The fraction of sp³-hybridized carbons (Fsp3) is 0.591. The highest BCUT2D eigenvalue weighted by Gasteiger charge is 2.49. The smallest absolute Gasteiger partial charge is 0.102 e. The van der Waals surface area contributed by atoms with Crippen molar-refractivity contribution in [1.82, 2.24) is 10.6 Å². The van der Waals surface area contributed by atoms with Crippen molar-refractivity contribution in [1.29, 1.82) is 0 Å². The second-order valence-corrected chi connectivity index (χ2v) is 8.19. The maximum absolute atomic E-state index is 5.73. The number of hydrogen-bond acceptors (Lipinski definition) is 5. The van der Waals surface area contributed by atoms with Crippen LogP contribution in [0.1, 0.15) is 51.9 Å². The summed E-state index contributed by atoms with van der Waals surface area (Å²) in [5.74, 6) is 0. The van der Waals surface area contributed by atoms with Gasteiger partial charge in [0.05, 0.1) is 11.4 Å². The van der Waals surface area contributed by atoms with Crippen molar-refractivity contribution in [2.75, 3.05) is 20.1 Å². The molecule has 0 saturated heterocycles. The molecule has 0 aliphatic heterocycles. The van der Waals surface area contributed by atoms with Gasteiger partial charge in [0.15, 0.2) is 0 Å². The van der Waals surface area contributed by atoms with Crippen LogP contribution in [0.4, 0.5) is 0 Å². The van der Waals surface area contributed by atoms with E-state index in [0.29, 0.717) is 28.8 Å². The fourth-order valence-electron chi connectivity index (χ4n) is 4.57. The van der Waals surface area contributed by atoms with Gasteiger partial charge in [-0.1, -0.05) is 32.2 Å². The minimum atomic E-state index is 0.298. The van der Waals surface area contributed by atoms with Crippen LogP contribution in [0.25, 0.3) is 0 Å². The molecule has 3 fully saturated rings. The van der Waals surface area contributed by atoms with Gasteiger partial charge in [0, 0.05) is 32.0 Å². The van der Waals surface area contributed by atoms with Gasteiger partial charge >= 0.3 is 0 Å². The second kappa shape index (κ2) is 8.79. The molecule has 0 heterocycles. The minimum absolute atomic E-state index is 0.298. The Balaban J connectivity index is 1.92. The average molecular weight is 372 g/mol. The van der Waals surface area contributed by atoms with Crippen molar-refractivity contribution in [3.63, 3.8) is 0 Å². The zero-order chi connectivity index (χ0) is 20.1. The standard InChI is InChI=1S/C22H37N5/c1-6-16(2)22-10-7-21(8-11-22,9-12-22)15-27-18(4)20(25-5)17(3)26-14-19(24)13-23/h14,26-27H,2-4,6-13,15,23-24H2,1,5H3/b19-14+,25-20?. The van der Waals surface area contributed by atoms with Crippen LogP contribution in [0.15, 0.2) is 53.6 Å². The van der Waals surface area contributed by atoms with E-state index in [0.717, 1.165) is 24.4 Å². The Kier molecular flexibility index (Phi) is 6.93. The van der Waals surface area contributed by atoms with E-state index in [9.17, 15) is 0 Å². The van der Waals surface area contributed by atoms with Crippen molar-refractivity contribution in [2.24, 2.45) is 27.3 Å². The van der Waals surface area contributed by atoms with E-state index in [4.69, 9.17) is 11.5 Å². The van der Waals surface area contributed by atoms with Gasteiger partial charge in [0.1, 0.15) is 5.71 Å². The monoisotopic (exact) mass is 371 g/mol. The average Bonchev–Trinajstić information content (AvgIpc) is 2.71. The predicted molar refractivity (Wildman–Crippen MR) is 116 cm³/mol. The van der Waals surface area contributed by atoms with E-state index < -0.39 is 0 Å². The first kappa shape index (κ1) is 21.3. The van der Waals surface area contributed by atoms with Gasteiger partial charge in [-0.15, -0.1) is 0 Å². The SMILES string of the molecule is C=C(N/C=C(/N)CN)C(=NC)C(=C)NCC12CCC(C(=C)CC)(CC1)CC2. The van der Waals surface area contributed by atoms with Crippen LogP contribution < -0.4 is 22.1 Å².